The molecule has 1 aromatic carbocycles. The second kappa shape index (κ2) is 5.43. The van der Waals surface area contributed by atoms with Crippen LogP contribution in [0.25, 0.3) is 0 Å². The highest BCUT2D eigenvalue weighted by Gasteiger charge is 2.29. The standard InChI is InChI=1S/C16H18FNS/c1-11-6-7-19-16(11)10-18-15-8-13(9-15)12-2-4-14(17)5-3-12/h2-7,13,15,18H,8-10H2,1H3. The van der Waals surface area contributed by atoms with E-state index in [2.05, 4.69) is 23.7 Å². The molecule has 1 aliphatic carbocycles. The maximum atomic E-state index is 12.9. The van der Waals surface area contributed by atoms with Gasteiger partial charge in [0.2, 0.25) is 0 Å². The monoisotopic (exact) mass is 275 g/mol. The molecule has 1 nitrogen and oxygen atoms in total. The van der Waals surface area contributed by atoms with Crippen molar-refractivity contribution in [3.63, 3.8) is 0 Å². The smallest absolute Gasteiger partial charge is 0.123 e. The summed E-state index contributed by atoms with van der Waals surface area (Å²) in [5, 5.41) is 5.76. The van der Waals surface area contributed by atoms with Gasteiger partial charge in [-0.3, -0.25) is 0 Å². The number of benzene rings is 1. The van der Waals surface area contributed by atoms with Crippen molar-refractivity contribution in [1.82, 2.24) is 5.32 Å². The van der Waals surface area contributed by atoms with Crippen LogP contribution in [0, 0.1) is 12.7 Å². The average molecular weight is 275 g/mol. The Morgan fingerprint density at radius 1 is 1.21 bits per heavy atom. The van der Waals surface area contributed by atoms with E-state index in [1.54, 1.807) is 12.1 Å². The van der Waals surface area contributed by atoms with Crippen LogP contribution in [0.1, 0.15) is 34.8 Å². The number of hydrogen-bond acceptors (Lipinski definition) is 2. The number of aryl methyl sites for hydroxylation is 1. The third-order valence-corrected chi connectivity index (χ3v) is 5.02. The van der Waals surface area contributed by atoms with Gasteiger partial charge in [0.25, 0.3) is 0 Å². The van der Waals surface area contributed by atoms with E-state index in [-0.39, 0.29) is 5.82 Å². The van der Waals surface area contributed by atoms with Gasteiger partial charge < -0.3 is 5.32 Å². The zero-order valence-corrected chi connectivity index (χ0v) is 11.8. The van der Waals surface area contributed by atoms with E-state index in [0.29, 0.717) is 12.0 Å². The first kappa shape index (κ1) is 12.8. The minimum absolute atomic E-state index is 0.147. The van der Waals surface area contributed by atoms with E-state index < -0.39 is 0 Å². The molecule has 2 aromatic rings. The molecule has 0 saturated heterocycles. The summed E-state index contributed by atoms with van der Waals surface area (Å²) in [5.41, 5.74) is 2.65. The Hall–Kier alpha value is -1.19. The minimum Gasteiger partial charge on any atom is -0.309 e. The summed E-state index contributed by atoms with van der Waals surface area (Å²) in [6, 6.07) is 9.73. The Balaban J connectivity index is 1.48. The van der Waals surface area contributed by atoms with Crippen LogP contribution in [0.3, 0.4) is 0 Å². The van der Waals surface area contributed by atoms with Crippen LogP contribution >= 0.6 is 11.3 Å². The molecule has 100 valence electrons. The van der Waals surface area contributed by atoms with Crippen LogP contribution in [-0.2, 0) is 6.54 Å². The lowest BCUT2D eigenvalue weighted by Crippen LogP contribution is -2.39. The van der Waals surface area contributed by atoms with Crippen LogP contribution in [0.4, 0.5) is 4.39 Å². The van der Waals surface area contributed by atoms with E-state index in [1.165, 1.54) is 16.0 Å². The molecule has 0 aliphatic heterocycles. The second-order valence-electron chi connectivity index (χ2n) is 5.32. The van der Waals surface area contributed by atoms with Gasteiger partial charge in [0.15, 0.2) is 0 Å². The Labute approximate surface area is 117 Å². The zero-order chi connectivity index (χ0) is 13.2. The van der Waals surface area contributed by atoms with Crippen LogP contribution in [0.2, 0.25) is 0 Å². The van der Waals surface area contributed by atoms with Gasteiger partial charge in [-0.25, -0.2) is 4.39 Å². The van der Waals surface area contributed by atoms with Gasteiger partial charge in [-0.1, -0.05) is 12.1 Å². The van der Waals surface area contributed by atoms with Crippen molar-refractivity contribution in [2.45, 2.75) is 38.3 Å². The summed E-state index contributed by atoms with van der Waals surface area (Å²) in [6.07, 6.45) is 2.33. The molecule has 1 fully saturated rings. The lowest BCUT2D eigenvalue weighted by atomic mass is 9.76. The maximum Gasteiger partial charge on any atom is 0.123 e. The summed E-state index contributed by atoms with van der Waals surface area (Å²) in [5.74, 6) is 0.452. The molecule has 0 radical (unpaired) electrons. The summed E-state index contributed by atoms with van der Waals surface area (Å²) < 4.78 is 12.9. The van der Waals surface area contributed by atoms with Gasteiger partial charge in [-0.2, -0.15) is 0 Å². The topological polar surface area (TPSA) is 12.0 Å². The molecule has 1 aliphatic rings. The van der Waals surface area contributed by atoms with Crippen molar-refractivity contribution < 1.29 is 4.39 Å². The first-order chi connectivity index (χ1) is 9.22. The van der Waals surface area contributed by atoms with Crippen molar-refractivity contribution in [3.05, 3.63) is 57.5 Å². The normalized spacial score (nSPS) is 22.2. The number of nitrogens with one attached hydrogen (secondary N) is 1. The van der Waals surface area contributed by atoms with Crippen LogP contribution < -0.4 is 5.32 Å². The highest BCUT2D eigenvalue weighted by molar-refractivity contribution is 7.10. The van der Waals surface area contributed by atoms with E-state index in [4.69, 9.17) is 0 Å². The van der Waals surface area contributed by atoms with Crippen LogP contribution in [-0.4, -0.2) is 6.04 Å². The fraction of sp³-hybridized carbons (Fsp3) is 0.375. The van der Waals surface area contributed by atoms with Crippen molar-refractivity contribution in [1.29, 1.82) is 0 Å². The Morgan fingerprint density at radius 3 is 2.58 bits per heavy atom. The molecule has 0 unspecified atom stereocenters. The van der Waals surface area contributed by atoms with Gasteiger partial charge in [0.1, 0.15) is 5.82 Å². The summed E-state index contributed by atoms with van der Waals surface area (Å²) in [6.45, 7) is 3.14. The molecular weight excluding hydrogens is 257 g/mol. The molecule has 0 atom stereocenters. The van der Waals surface area contributed by atoms with Gasteiger partial charge in [-0.15, -0.1) is 11.3 Å². The van der Waals surface area contributed by atoms with Crippen molar-refractivity contribution >= 4 is 11.3 Å². The lowest BCUT2D eigenvalue weighted by Gasteiger charge is -2.36. The largest absolute Gasteiger partial charge is 0.309 e. The third-order valence-electron chi connectivity index (χ3n) is 4.00. The number of hydrogen-bond donors (Lipinski definition) is 1. The third kappa shape index (κ3) is 2.88. The molecule has 0 spiro atoms. The maximum absolute atomic E-state index is 12.9. The summed E-state index contributed by atoms with van der Waals surface area (Å²) >= 11 is 1.82. The molecular formula is C16H18FNS. The molecule has 1 heterocycles. The summed E-state index contributed by atoms with van der Waals surface area (Å²) in [7, 11) is 0. The van der Waals surface area contributed by atoms with Crippen LogP contribution in [0.15, 0.2) is 35.7 Å². The fourth-order valence-electron chi connectivity index (χ4n) is 2.61. The first-order valence-electron chi connectivity index (χ1n) is 6.74. The predicted octanol–water partition coefficient (Wildman–Crippen LogP) is 4.23. The van der Waals surface area contributed by atoms with E-state index in [9.17, 15) is 4.39 Å². The van der Waals surface area contributed by atoms with E-state index >= 15 is 0 Å². The van der Waals surface area contributed by atoms with Crippen molar-refractivity contribution in [3.8, 4) is 0 Å². The second-order valence-corrected chi connectivity index (χ2v) is 6.33. The fourth-order valence-corrected chi connectivity index (χ4v) is 3.47. The van der Waals surface area contributed by atoms with E-state index in [0.717, 1.165) is 19.4 Å². The molecule has 1 N–H and O–H groups in total. The number of halogens is 1. The SMILES string of the molecule is Cc1ccsc1CNC1CC(c2ccc(F)cc2)C1. The number of thiophene rings is 1. The molecule has 0 bridgehead atoms. The predicted molar refractivity (Wildman–Crippen MR) is 78.1 cm³/mol. The van der Waals surface area contributed by atoms with Crippen LogP contribution in [0.5, 0.6) is 0 Å². The Bertz CT molecular complexity index is 540. The van der Waals surface area contributed by atoms with Gasteiger partial charge in [0, 0.05) is 17.5 Å². The van der Waals surface area contributed by atoms with Gasteiger partial charge in [0.05, 0.1) is 0 Å². The molecule has 1 saturated carbocycles. The average Bonchev–Trinajstić information content (AvgIpc) is 2.75. The van der Waals surface area contributed by atoms with Crippen molar-refractivity contribution in [2.24, 2.45) is 0 Å². The Morgan fingerprint density at radius 2 is 1.95 bits per heavy atom. The quantitative estimate of drug-likeness (QED) is 0.880. The highest BCUT2D eigenvalue weighted by Crippen LogP contribution is 2.37. The first-order valence-corrected chi connectivity index (χ1v) is 7.62. The summed E-state index contributed by atoms with van der Waals surface area (Å²) in [4.78, 5) is 1.44. The lowest BCUT2D eigenvalue weighted by molar-refractivity contribution is 0.290. The zero-order valence-electron chi connectivity index (χ0n) is 11.0. The minimum atomic E-state index is -0.147. The highest BCUT2D eigenvalue weighted by atomic mass is 32.1. The molecule has 19 heavy (non-hydrogen) atoms. The van der Waals surface area contributed by atoms with E-state index in [1.807, 2.05) is 23.5 Å². The van der Waals surface area contributed by atoms with Gasteiger partial charge >= 0.3 is 0 Å². The molecule has 3 heteroatoms. The number of rotatable bonds is 4. The molecule has 0 amide bonds. The van der Waals surface area contributed by atoms with Gasteiger partial charge in [-0.05, 0) is 60.4 Å². The Kier molecular flexibility index (Phi) is 3.67. The van der Waals surface area contributed by atoms with Crippen molar-refractivity contribution in [2.75, 3.05) is 0 Å². The molecule has 1 aromatic heterocycles. The molecule has 3 rings (SSSR count).